The molecule has 0 aromatic rings. The zero-order chi connectivity index (χ0) is 25.9. The fraction of sp³-hybridized carbons (Fsp3) is 0.677. The SMILES string of the molecule is CC[C@]1(C)C2=C/C=C/C(C)=C(/O)C(=O)/C=C/[C@]2(C)CC[C@@]1(C)C[C@H](C)CCC(C)(C)CC(C)=O. The van der Waals surface area contributed by atoms with Gasteiger partial charge in [0.25, 0.3) is 0 Å². The van der Waals surface area contributed by atoms with Crippen molar-refractivity contribution in [2.75, 3.05) is 0 Å². The normalized spacial score (nSPS) is 35.2. The van der Waals surface area contributed by atoms with E-state index in [0.29, 0.717) is 17.9 Å². The molecule has 2 aliphatic rings. The monoisotopic (exact) mass is 468 g/mol. The molecule has 0 bridgehead atoms. The van der Waals surface area contributed by atoms with Crippen molar-refractivity contribution in [1.29, 1.82) is 0 Å². The summed E-state index contributed by atoms with van der Waals surface area (Å²) < 4.78 is 0. The van der Waals surface area contributed by atoms with E-state index in [-0.39, 0.29) is 39.0 Å². The summed E-state index contributed by atoms with van der Waals surface area (Å²) in [5.41, 5.74) is 1.93. The van der Waals surface area contributed by atoms with Crippen molar-refractivity contribution < 1.29 is 14.7 Å². The Bertz CT molecular complexity index is 915. The zero-order valence-corrected chi connectivity index (χ0v) is 23.2. The summed E-state index contributed by atoms with van der Waals surface area (Å²) in [6, 6.07) is 0. The van der Waals surface area contributed by atoms with Crippen molar-refractivity contribution >= 4 is 11.6 Å². The van der Waals surface area contributed by atoms with Gasteiger partial charge in [0.05, 0.1) is 0 Å². The largest absolute Gasteiger partial charge is 0.504 e. The Morgan fingerprint density at radius 2 is 1.82 bits per heavy atom. The van der Waals surface area contributed by atoms with Crippen LogP contribution in [0, 0.1) is 27.6 Å². The average Bonchev–Trinajstić information content (AvgIpc) is 2.74. The van der Waals surface area contributed by atoms with Crippen LogP contribution >= 0.6 is 0 Å². The highest BCUT2D eigenvalue weighted by atomic mass is 16.3. The standard InChI is InChI=1S/C31H48O3/c1-10-31(9)26-13-11-12-23(3)27(34)25(33)15-17-29(26,7)18-19-30(31,8)20-22(2)14-16-28(5,6)21-24(4)32/h11-13,15,17,22,34H,10,14,16,18-21H2,1-9H3/b12-11+,17-15+,26-13?,27-23+/t22-,29-,30+,31-/m1/s1. The van der Waals surface area contributed by atoms with E-state index >= 15 is 0 Å². The molecule has 0 amide bonds. The molecule has 0 aromatic heterocycles. The Morgan fingerprint density at radius 3 is 2.41 bits per heavy atom. The average molecular weight is 469 g/mol. The molecular weight excluding hydrogens is 420 g/mol. The Labute approximate surface area is 208 Å². The van der Waals surface area contributed by atoms with E-state index in [0.717, 1.165) is 38.5 Å². The first-order chi connectivity index (χ1) is 15.6. The maximum absolute atomic E-state index is 12.5. The van der Waals surface area contributed by atoms with Gasteiger partial charge in [0.1, 0.15) is 5.78 Å². The quantitative estimate of drug-likeness (QED) is 0.388. The van der Waals surface area contributed by atoms with Crippen molar-refractivity contribution in [3.05, 3.63) is 47.3 Å². The van der Waals surface area contributed by atoms with Gasteiger partial charge in [-0.3, -0.25) is 4.79 Å². The first-order valence-electron chi connectivity index (χ1n) is 13.1. The minimum absolute atomic E-state index is 0.0141. The van der Waals surface area contributed by atoms with Gasteiger partial charge in [-0.05, 0) is 79.8 Å². The lowest BCUT2D eigenvalue weighted by Gasteiger charge is -2.58. The maximum atomic E-state index is 12.5. The molecule has 0 unspecified atom stereocenters. The number of allylic oxidation sites excluding steroid dienone is 7. The van der Waals surface area contributed by atoms with E-state index in [1.165, 1.54) is 5.57 Å². The first-order valence-corrected chi connectivity index (χ1v) is 13.1. The lowest BCUT2D eigenvalue weighted by Crippen LogP contribution is -2.48. The number of Topliss-reactive ketones (excluding diaryl/α,β-unsaturated/α-hetero) is 1. The predicted octanol–water partition coefficient (Wildman–Crippen LogP) is 8.47. The summed E-state index contributed by atoms with van der Waals surface area (Å²) in [7, 11) is 0. The van der Waals surface area contributed by atoms with Gasteiger partial charge in [-0.1, -0.05) is 84.8 Å². The summed E-state index contributed by atoms with van der Waals surface area (Å²) in [6.07, 6.45) is 16.8. The molecule has 190 valence electrons. The van der Waals surface area contributed by atoms with Crippen molar-refractivity contribution in [2.45, 2.75) is 107 Å². The molecule has 1 fully saturated rings. The van der Waals surface area contributed by atoms with E-state index in [1.807, 2.05) is 18.2 Å². The molecule has 4 atom stereocenters. The number of hydrogen-bond acceptors (Lipinski definition) is 3. The van der Waals surface area contributed by atoms with Crippen molar-refractivity contribution in [1.82, 2.24) is 0 Å². The fourth-order valence-electron chi connectivity index (χ4n) is 6.56. The number of rotatable bonds is 8. The molecule has 1 saturated carbocycles. The number of carbonyl (C=O) groups excluding carboxylic acids is 2. The molecule has 0 aromatic carbocycles. The van der Waals surface area contributed by atoms with E-state index in [4.69, 9.17) is 0 Å². The van der Waals surface area contributed by atoms with Crippen molar-refractivity contribution in [2.24, 2.45) is 27.6 Å². The lowest BCUT2D eigenvalue weighted by atomic mass is 9.46. The van der Waals surface area contributed by atoms with E-state index in [9.17, 15) is 14.7 Å². The topological polar surface area (TPSA) is 54.4 Å². The number of fused-ring (bicyclic) bond motifs is 1. The third kappa shape index (κ3) is 6.01. The number of aliphatic hydroxyl groups is 1. The number of hydrogen-bond donors (Lipinski definition) is 1. The van der Waals surface area contributed by atoms with Crippen molar-refractivity contribution in [3.63, 3.8) is 0 Å². The van der Waals surface area contributed by atoms with Crippen LogP contribution in [0.25, 0.3) is 0 Å². The third-order valence-electron chi connectivity index (χ3n) is 9.10. The number of aliphatic hydroxyl groups excluding tert-OH is 1. The highest BCUT2D eigenvalue weighted by Crippen LogP contribution is 2.64. The van der Waals surface area contributed by atoms with Crippen LogP contribution < -0.4 is 0 Å². The van der Waals surface area contributed by atoms with E-state index in [2.05, 4.69) is 54.5 Å². The highest BCUT2D eigenvalue weighted by Gasteiger charge is 2.54. The summed E-state index contributed by atoms with van der Waals surface area (Å²) in [5.74, 6) is 0.350. The molecule has 1 N–H and O–H groups in total. The Kier molecular flexibility index (Phi) is 8.65. The van der Waals surface area contributed by atoms with Crippen molar-refractivity contribution in [3.8, 4) is 0 Å². The van der Waals surface area contributed by atoms with Crippen LogP contribution in [0.4, 0.5) is 0 Å². The molecule has 0 spiro atoms. The van der Waals surface area contributed by atoms with Gasteiger partial charge >= 0.3 is 0 Å². The molecule has 3 nitrogen and oxygen atoms in total. The number of ketones is 2. The zero-order valence-electron chi connectivity index (χ0n) is 23.2. The van der Waals surface area contributed by atoms with Gasteiger partial charge in [0.2, 0.25) is 5.78 Å². The minimum Gasteiger partial charge on any atom is -0.504 e. The Hall–Kier alpha value is -1.90. The molecule has 34 heavy (non-hydrogen) atoms. The predicted molar refractivity (Wildman–Crippen MR) is 143 cm³/mol. The molecule has 2 aliphatic carbocycles. The highest BCUT2D eigenvalue weighted by molar-refractivity contribution is 6.02. The molecular formula is C31H48O3. The van der Waals surface area contributed by atoms with Gasteiger partial charge < -0.3 is 9.90 Å². The van der Waals surface area contributed by atoms with Crippen LogP contribution in [0.5, 0.6) is 0 Å². The number of carbonyl (C=O) groups is 2. The van der Waals surface area contributed by atoms with Crippen LogP contribution in [0.2, 0.25) is 0 Å². The molecule has 0 saturated heterocycles. The molecule has 3 heteroatoms. The van der Waals surface area contributed by atoms with E-state index in [1.54, 1.807) is 19.9 Å². The first kappa shape index (κ1) is 28.3. The molecule has 2 rings (SSSR count). The van der Waals surface area contributed by atoms with E-state index < -0.39 is 0 Å². The van der Waals surface area contributed by atoms with Gasteiger partial charge in [0.15, 0.2) is 5.76 Å². The van der Waals surface area contributed by atoms with Gasteiger partial charge in [-0.2, -0.15) is 0 Å². The van der Waals surface area contributed by atoms with Crippen LogP contribution in [0.1, 0.15) is 107 Å². The van der Waals surface area contributed by atoms with Gasteiger partial charge in [-0.15, -0.1) is 0 Å². The lowest BCUT2D eigenvalue weighted by molar-refractivity contribution is -0.119. The van der Waals surface area contributed by atoms with Gasteiger partial charge in [-0.25, -0.2) is 0 Å². The molecule has 0 aliphatic heterocycles. The molecule has 0 heterocycles. The van der Waals surface area contributed by atoms with Crippen LogP contribution in [0.3, 0.4) is 0 Å². The summed E-state index contributed by atoms with van der Waals surface area (Å²) >= 11 is 0. The fourth-order valence-corrected chi connectivity index (χ4v) is 6.56. The van der Waals surface area contributed by atoms with Crippen LogP contribution in [-0.4, -0.2) is 16.7 Å². The third-order valence-corrected chi connectivity index (χ3v) is 9.10. The summed E-state index contributed by atoms with van der Waals surface area (Å²) in [4.78, 5) is 24.2. The Balaban J connectivity index is 2.38. The molecule has 0 radical (unpaired) electrons. The smallest absolute Gasteiger partial charge is 0.220 e. The summed E-state index contributed by atoms with van der Waals surface area (Å²) in [6.45, 7) is 19.7. The summed E-state index contributed by atoms with van der Waals surface area (Å²) in [5, 5.41) is 10.2. The minimum atomic E-state index is -0.321. The second-order valence-electron chi connectivity index (χ2n) is 12.7. The Morgan fingerprint density at radius 1 is 1.18 bits per heavy atom. The maximum Gasteiger partial charge on any atom is 0.220 e. The second-order valence-corrected chi connectivity index (χ2v) is 12.7. The van der Waals surface area contributed by atoms with Gasteiger partial charge in [0, 0.05) is 11.8 Å². The van der Waals surface area contributed by atoms with Crippen LogP contribution in [0.15, 0.2) is 47.3 Å². The van der Waals surface area contributed by atoms with Crippen LogP contribution in [-0.2, 0) is 9.59 Å². The second kappa shape index (κ2) is 10.4.